The van der Waals surface area contributed by atoms with Crippen LogP contribution in [0.15, 0.2) is 18.3 Å². The summed E-state index contributed by atoms with van der Waals surface area (Å²) in [5.74, 6) is 2.39. The monoisotopic (exact) mass is 261 g/mol. The van der Waals surface area contributed by atoms with E-state index < -0.39 is 0 Å². The van der Waals surface area contributed by atoms with Crippen molar-refractivity contribution in [2.24, 2.45) is 17.6 Å². The zero-order valence-corrected chi connectivity index (χ0v) is 12.4. The van der Waals surface area contributed by atoms with E-state index in [1.54, 1.807) is 0 Å². The third-order valence-electron chi connectivity index (χ3n) is 4.29. The van der Waals surface area contributed by atoms with Gasteiger partial charge in [-0.25, -0.2) is 4.98 Å². The van der Waals surface area contributed by atoms with Crippen LogP contribution in [0.2, 0.25) is 0 Å². The molecular weight excluding hydrogens is 234 g/mol. The zero-order chi connectivity index (χ0) is 13.9. The summed E-state index contributed by atoms with van der Waals surface area (Å²) < 4.78 is 0. The Morgan fingerprint density at radius 3 is 2.58 bits per heavy atom. The van der Waals surface area contributed by atoms with E-state index in [9.17, 15) is 0 Å². The quantitative estimate of drug-likeness (QED) is 0.875. The van der Waals surface area contributed by atoms with Gasteiger partial charge in [0, 0.05) is 12.7 Å². The Kier molecular flexibility index (Phi) is 4.46. The first-order valence-electron chi connectivity index (χ1n) is 7.41. The summed E-state index contributed by atoms with van der Waals surface area (Å²) in [6, 6.07) is 4.26. The van der Waals surface area contributed by atoms with Gasteiger partial charge in [-0.05, 0) is 48.3 Å². The van der Waals surface area contributed by atoms with Gasteiger partial charge in [0.2, 0.25) is 0 Å². The summed E-state index contributed by atoms with van der Waals surface area (Å²) in [4.78, 5) is 4.51. The minimum absolute atomic E-state index is 0.168. The van der Waals surface area contributed by atoms with Crippen molar-refractivity contribution in [2.75, 3.05) is 18.4 Å². The molecule has 1 fully saturated rings. The number of nitrogens with zero attached hydrogens (tertiary/aromatic N) is 1. The van der Waals surface area contributed by atoms with E-state index in [1.807, 2.05) is 6.20 Å². The lowest BCUT2D eigenvalue weighted by Gasteiger charge is -2.20. The van der Waals surface area contributed by atoms with Crippen molar-refractivity contribution in [1.82, 2.24) is 4.98 Å². The van der Waals surface area contributed by atoms with Crippen LogP contribution in [0.1, 0.15) is 45.6 Å². The van der Waals surface area contributed by atoms with Gasteiger partial charge in [0.1, 0.15) is 5.82 Å². The minimum Gasteiger partial charge on any atom is -0.370 e. The van der Waals surface area contributed by atoms with Gasteiger partial charge in [0.05, 0.1) is 0 Å². The van der Waals surface area contributed by atoms with Crippen LogP contribution < -0.4 is 11.1 Å². The molecule has 0 saturated heterocycles. The molecule has 1 aromatic heterocycles. The van der Waals surface area contributed by atoms with Crippen LogP contribution in [0.4, 0.5) is 5.82 Å². The standard InChI is InChI=1S/C16H27N3/c1-16(2,3)14-7-8-15(19-11-14)18-10-13-6-4-5-12(13)9-17/h7-8,11-13H,4-6,9-10,17H2,1-3H3,(H,18,19). The van der Waals surface area contributed by atoms with Gasteiger partial charge in [-0.15, -0.1) is 0 Å². The van der Waals surface area contributed by atoms with E-state index in [0.717, 1.165) is 18.9 Å². The molecule has 106 valence electrons. The maximum Gasteiger partial charge on any atom is 0.125 e. The van der Waals surface area contributed by atoms with Crippen molar-refractivity contribution in [2.45, 2.75) is 45.4 Å². The van der Waals surface area contributed by atoms with Crippen molar-refractivity contribution in [1.29, 1.82) is 0 Å². The Bertz CT molecular complexity index is 391. The molecule has 2 unspecified atom stereocenters. The second kappa shape index (κ2) is 5.91. The highest BCUT2D eigenvalue weighted by molar-refractivity contribution is 5.37. The Balaban J connectivity index is 1.90. The van der Waals surface area contributed by atoms with E-state index >= 15 is 0 Å². The largest absolute Gasteiger partial charge is 0.370 e. The Morgan fingerprint density at radius 2 is 2.00 bits per heavy atom. The molecule has 2 rings (SSSR count). The summed E-state index contributed by atoms with van der Waals surface area (Å²) in [6.07, 6.45) is 5.90. The molecule has 3 heteroatoms. The SMILES string of the molecule is CC(C)(C)c1ccc(NCC2CCCC2CN)nc1. The Hall–Kier alpha value is -1.09. The van der Waals surface area contributed by atoms with Crippen LogP contribution in [-0.2, 0) is 5.41 Å². The molecule has 1 aliphatic rings. The molecule has 1 saturated carbocycles. The molecule has 3 nitrogen and oxygen atoms in total. The van der Waals surface area contributed by atoms with Crippen LogP contribution in [0.25, 0.3) is 0 Å². The number of nitrogens with one attached hydrogen (secondary N) is 1. The lowest BCUT2D eigenvalue weighted by atomic mass is 9.88. The van der Waals surface area contributed by atoms with Crippen LogP contribution in [0.3, 0.4) is 0 Å². The van der Waals surface area contributed by atoms with Crippen LogP contribution in [-0.4, -0.2) is 18.1 Å². The molecule has 0 radical (unpaired) electrons. The molecular formula is C16H27N3. The number of nitrogens with two attached hydrogens (primary N) is 1. The zero-order valence-electron chi connectivity index (χ0n) is 12.4. The fraction of sp³-hybridized carbons (Fsp3) is 0.688. The molecule has 3 N–H and O–H groups in total. The molecule has 1 aliphatic carbocycles. The van der Waals surface area contributed by atoms with Crippen molar-refractivity contribution in [3.8, 4) is 0 Å². The Morgan fingerprint density at radius 1 is 1.26 bits per heavy atom. The van der Waals surface area contributed by atoms with Gasteiger partial charge >= 0.3 is 0 Å². The second-order valence-corrected chi connectivity index (χ2v) is 6.75. The minimum atomic E-state index is 0.168. The first-order valence-corrected chi connectivity index (χ1v) is 7.41. The van der Waals surface area contributed by atoms with Crippen LogP contribution >= 0.6 is 0 Å². The highest BCUT2D eigenvalue weighted by Gasteiger charge is 2.25. The van der Waals surface area contributed by atoms with E-state index in [4.69, 9.17) is 5.73 Å². The first-order chi connectivity index (χ1) is 9.00. The van der Waals surface area contributed by atoms with E-state index in [2.05, 4.69) is 43.2 Å². The lowest BCUT2D eigenvalue weighted by Crippen LogP contribution is -2.24. The van der Waals surface area contributed by atoms with E-state index in [-0.39, 0.29) is 5.41 Å². The normalized spacial score (nSPS) is 23.6. The molecule has 0 bridgehead atoms. The molecule has 0 spiro atoms. The van der Waals surface area contributed by atoms with Crippen molar-refractivity contribution in [3.05, 3.63) is 23.9 Å². The molecule has 0 aliphatic heterocycles. The molecule has 0 amide bonds. The fourth-order valence-corrected chi connectivity index (χ4v) is 2.87. The van der Waals surface area contributed by atoms with Crippen molar-refractivity contribution in [3.63, 3.8) is 0 Å². The van der Waals surface area contributed by atoms with E-state index in [0.29, 0.717) is 11.8 Å². The third-order valence-corrected chi connectivity index (χ3v) is 4.29. The van der Waals surface area contributed by atoms with Gasteiger partial charge in [0.15, 0.2) is 0 Å². The summed E-state index contributed by atoms with van der Waals surface area (Å²) in [7, 11) is 0. The molecule has 2 atom stereocenters. The maximum absolute atomic E-state index is 5.82. The number of anilines is 1. The highest BCUT2D eigenvalue weighted by Crippen LogP contribution is 2.31. The van der Waals surface area contributed by atoms with E-state index in [1.165, 1.54) is 24.8 Å². The third kappa shape index (κ3) is 3.69. The van der Waals surface area contributed by atoms with Gasteiger partial charge < -0.3 is 11.1 Å². The first kappa shape index (κ1) is 14.3. The fourth-order valence-electron chi connectivity index (χ4n) is 2.87. The molecule has 0 aromatic carbocycles. The Labute approximate surface area is 117 Å². The average Bonchev–Trinajstić information content (AvgIpc) is 2.83. The molecule has 1 heterocycles. The number of aromatic nitrogens is 1. The number of pyridine rings is 1. The van der Waals surface area contributed by atoms with Gasteiger partial charge in [-0.3, -0.25) is 0 Å². The van der Waals surface area contributed by atoms with Gasteiger partial charge in [0.25, 0.3) is 0 Å². The number of hydrogen-bond acceptors (Lipinski definition) is 3. The van der Waals surface area contributed by atoms with Crippen LogP contribution in [0.5, 0.6) is 0 Å². The predicted octanol–water partition coefficient (Wildman–Crippen LogP) is 3.17. The average molecular weight is 261 g/mol. The van der Waals surface area contributed by atoms with Crippen molar-refractivity contribution >= 4 is 5.82 Å². The summed E-state index contributed by atoms with van der Waals surface area (Å²) in [5.41, 5.74) is 7.26. The molecule has 1 aromatic rings. The highest BCUT2D eigenvalue weighted by atomic mass is 15.0. The second-order valence-electron chi connectivity index (χ2n) is 6.75. The summed E-state index contributed by atoms with van der Waals surface area (Å²) >= 11 is 0. The van der Waals surface area contributed by atoms with Gasteiger partial charge in [-0.2, -0.15) is 0 Å². The summed E-state index contributed by atoms with van der Waals surface area (Å²) in [5, 5.41) is 3.46. The van der Waals surface area contributed by atoms with Crippen molar-refractivity contribution < 1.29 is 0 Å². The number of rotatable bonds is 4. The predicted molar refractivity (Wildman–Crippen MR) is 81.3 cm³/mol. The number of hydrogen-bond donors (Lipinski definition) is 2. The topological polar surface area (TPSA) is 50.9 Å². The molecule has 19 heavy (non-hydrogen) atoms. The van der Waals surface area contributed by atoms with Gasteiger partial charge in [-0.1, -0.05) is 33.3 Å². The summed E-state index contributed by atoms with van der Waals surface area (Å²) in [6.45, 7) is 8.46. The maximum atomic E-state index is 5.82. The lowest BCUT2D eigenvalue weighted by molar-refractivity contribution is 0.414. The smallest absolute Gasteiger partial charge is 0.125 e. The van der Waals surface area contributed by atoms with Crippen LogP contribution in [0, 0.1) is 11.8 Å².